The number of carbonyl (C=O) groups excluding carboxylic acids is 1. The molecule has 0 saturated carbocycles. The van der Waals surface area contributed by atoms with E-state index in [1.165, 1.54) is 36.2 Å². The summed E-state index contributed by atoms with van der Waals surface area (Å²) >= 11 is 0. The van der Waals surface area contributed by atoms with Crippen LogP contribution in [-0.2, 0) is 16.0 Å². The topological polar surface area (TPSA) is 96.7 Å². The van der Waals surface area contributed by atoms with Gasteiger partial charge in [0.15, 0.2) is 23.5 Å². The number of halogens is 2. The van der Waals surface area contributed by atoms with Crippen LogP contribution in [0.2, 0.25) is 0 Å². The van der Waals surface area contributed by atoms with Gasteiger partial charge in [0.2, 0.25) is 0 Å². The molecule has 0 aliphatic rings. The summed E-state index contributed by atoms with van der Waals surface area (Å²) in [5, 5.41) is 10.2. The van der Waals surface area contributed by atoms with Crippen molar-refractivity contribution in [3.63, 3.8) is 0 Å². The second kappa shape index (κ2) is 10.5. The summed E-state index contributed by atoms with van der Waals surface area (Å²) in [7, 11) is 1.32. The van der Waals surface area contributed by atoms with Gasteiger partial charge in [-0.15, -0.1) is 5.10 Å². The molecule has 0 fully saturated rings. The number of nitrogens with zero attached hydrogens (tertiary/aromatic N) is 3. The number of nitrogens with one attached hydrogen (secondary N) is 1. The van der Waals surface area contributed by atoms with Crippen LogP contribution in [0.25, 0.3) is 0 Å². The minimum atomic E-state index is -3.02. The highest BCUT2D eigenvalue weighted by atomic mass is 19.3. The van der Waals surface area contributed by atoms with Gasteiger partial charge in [-0.25, -0.2) is 4.68 Å². The van der Waals surface area contributed by atoms with E-state index in [-0.39, 0.29) is 29.4 Å². The summed E-state index contributed by atoms with van der Waals surface area (Å²) in [6.07, 6.45) is 0.920. The first-order valence-electron chi connectivity index (χ1n) is 8.54. The Labute approximate surface area is 160 Å². The van der Waals surface area contributed by atoms with Crippen molar-refractivity contribution in [1.29, 1.82) is 0 Å². The largest absolute Gasteiger partial charge is 0.493 e. The van der Waals surface area contributed by atoms with Gasteiger partial charge in [0.05, 0.1) is 19.9 Å². The van der Waals surface area contributed by atoms with Gasteiger partial charge >= 0.3 is 6.61 Å². The average molecular weight is 400 g/mol. The lowest BCUT2D eigenvalue weighted by Crippen LogP contribution is -2.24. The molecule has 0 spiro atoms. The summed E-state index contributed by atoms with van der Waals surface area (Å²) in [5.74, 6) is -0.652. The zero-order valence-electron chi connectivity index (χ0n) is 15.7. The van der Waals surface area contributed by atoms with E-state index in [1.807, 2.05) is 13.8 Å². The number of anilines is 1. The normalized spacial score (nSPS) is 11.1. The van der Waals surface area contributed by atoms with Gasteiger partial charge in [-0.1, -0.05) is 5.21 Å². The lowest BCUT2D eigenvalue weighted by Gasteiger charge is -2.16. The van der Waals surface area contributed by atoms with Crippen molar-refractivity contribution in [2.75, 3.05) is 25.6 Å². The molecule has 0 radical (unpaired) electrons. The Bertz CT molecular complexity index is 766. The molecular weight excluding hydrogens is 378 g/mol. The van der Waals surface area contributed by atoms with Crippen molar-refractivity contribution >= 4 is 11.6 Å². The van der Waals surface area contributed by atoms with Gasteiger partial charge < -0.3 is 24.3 Å². The van der Waals surface area contributed by atoms with E-state index in [0.717, 1.165) is 0 Å². The van der Waals surface area contributed by atoms with Crippen LogP contribution in [0.5, 0.6) is 11.5 Å². The van der Waals surface area contributed by atoms with Crippen LogP contribution in [0.4, 0.5) is 14.5 Å². The third-order valence-electron chi connectivity index (χ3n) is 3.45. The third-order valence-corrected chi connectivity index (χ3v) is 3.45. The molecule has 1 amide bonds. The van der Waals surface area contributed by atoms with E-state index in [4.69, 9.17) is 14.2 Å². The quantitative estimate of drug-likeness (QED) is 0.579. The van der Waals surface area contributed by atoms with E-state index >= 15 is 0 Å². The lowest BCUT2D eigenvalue weighted by atomic mass is 10.2. The van der Waals surface area contributed by atoms with Crippen LogP contribution in [-0.4, -0.2) is 54.1 Å². The molecule has 28 heavy (non-hydrogen) atoms. The smallest absolute Gasteiger partial charge is 0.387 e. The van der Waals surface area contributed by atoms with E-state index in [0.29, 0.717) is 13.2 Å². The summed E-state index contributed by atoms with van der Waals surface area (Å²) in [6.45, 7) is 1.85. The van der Waals surface area contributed by atoms with E-state index in [9.17, 15) is 13.6 Å². The first-order valence-corrected chi connectivity index (χ1v) is 8.54. The number of hydrogen-bond acceptors (Lipinski definition) is 7. The molecule has 1 aromatic carbocycles. The second-order valence-corrected chi connectivity index (χ2v) is 5.36. The van der Waals surface area contributed by atoms with Gasteiger partial charge in [-0.05, 0) is 26.0 Å². The van der Waals surface area contributed by atoms with Gasteiger partial charge in [0.25, 0.3) is 5.91 Å². The number of carbonyl (C=O) groups is 1. The predicted octanol–water partition coefficient (Wildman–Crippen LogP) is 2.54. The molecule has 0 aliphatic heterocycles. The van der Waals surface area contributed by atoms with Crippen molar-refractivity contribution in [3.8, 4) is 11.5 Å². The molecule has 0 atom stereocenters. The first kappa shape index (κ1) is 21.5. The zero-order valence-corrected chi connectivity index (χ0v) is 15.7. The standard InChI is InChI=1S/C17H22F2N4O5/c1-4-26-15(27-5-2)10-23-9-12(21-22-23)16(24)20-11-6-7-13(25-3)14(8-11)28-17(18)19/h6-9,15,17H,4-5,10H2,1-3H3,(H,20,24). The molecule has 2 rings (SSSR count). The minimum absolute atomic E-state index is 0.0406. The molecule has 0 bridgehead atoms. The molecule has 2 aromatic rings. The Balaban J connectivity index is 2.06. The minimum Gasteiger partial charge on any atom is -0.493 e. The van der Waals surface area contributed by atoms with Crippen LogP contribution in [0.15, 0.2) is 24.4 Å². The number of aromatic nitrogens is 3. The Morgan fingerprint density at radius 2 is 1.93 bits per heavy atom. The molecule has 154 valence electrons. The predicted molar refractivity (Wildman–Crippen MR) is 94.6 cm³/mol. The molecule has 1 heterocycles. The number of alkyl halides is 2. The van der Waals surface area contributed by atoms with Crippen molar-refractivity contribution < 1.29 is 32.5 Å². The number of amides is 1. The van der Waals surface area contributed by atoms with Crippen molar-refractivity contribution in [3.05, 3.63) is 30.1 Å². The summed E-state index contributed by atoms with van der Waals surface area (Å²) in [5.41, 5.74) is 0.274. The highest BCUT2D eigenvalue weighted by Gasteiger charge is 2.16. The molecule has 0 unspecified atom stereocenters. The van der Waals surface area contributed by atoms with Crippen LogP contribution >= 0.6 is 0 Å². The van der Waals surface area contributed by atoms with Crippen LogP contribution in [0, 0.1) is 0 Å². The fourth-order valence-electron chi connectivity index (χ4n) is 2.31. The average Bonchev–Trinajstić information content (AvgIpc) is 3.10. The number of hydrogen-bond donors (Lipinski definition) is 1. The summed E-state index contributed by atoms with van der Waals surface area (Å²) < 4.78 is 46.6. The maximum atomic E-state index is 12.5. The molecular formula is C17H22F2N4O5. The monoisotopic (exact) mass is 400 g/mol. The Hall–Kier alpha value is -2.79. The Kier molecular flexibility index (Phi) is 8.08. The molecule has 1 aromatic heterocycles. The van der Waals surface area contributed by atoms with Crippen LogP contribution < -0.4 is 14.8 Å². The highest BCUT2D eigenvalue weighted by molar-refractivity contribution is 6.02. The van der Waals surface area contributed by atoms with Crippen molar-refractivity contribution in [1.82, 2.24) is 15.0 Å². The highest BCUT2D eigenvalue weighted by Crippen LogP contribution is 2.31. The number of methoxy groups -OCH3 is 1. The second-order valence-electron chi connectivity index (χ2n) is 5.36. The summed E-state index contributed by atoms with van der Waals surface area (Å²) in [6, 6.07) is 4.12. The van der Waals surface area contributed by atoms with Crippen LogP contribution in [0.3, 0.4) is 0 Å². The fraction of sp³-hybridized carbons (Fsp3) is 0.471. The zero-order chi connectivity index (χ0) is 20.5. The third kappa shape index (κ3) is 6.13. The number of ether oxygens (including phenoxy) is 4. The lowest BCUT2D eigenvalue weighted by molar-refractivity contribution is -0.145. The van der Waals surface area contributed by atoms with E-state index in [1.54, 1.807) is 0 Å². The number of benzene rings is 1. The molecule has 0 saturated heterocycles. The van der Waals surface area contributed by atoms with E-state index in [2.05, 4.69) is 20.4 Å². The van der Waals surface area contributed by atoms with Crippen LogP contribution in [0.1, 0.15) is 24.3 Å². The van der Waals surface area contributed by atoms with Gasteiger partial charge in [-0.3, -0.25) is 4.79 Å². The van der Waals surface area contributed by atoms with Crippen molar-refractivity contribution in [2.45, 2.75) is 33.3 Å². The van der Waals surface area contributed by atoms with Gasteiger partial charge in [0.1, 0.15) is 0 Å². The first-order chi connectivity index (χ1) is 13.5. The fourth-order valence-corrected chi connectivity index (χ4v) is 2.31. The number of rotatable bonds is 11. The van der Waals surface area contributed by atoms with E-state index < -0.39 is 18.8 Å². The maximum absolute atomic E-state index is 12.5. The van der Waals surface area contributed by atoms with Crippen molar-refractivity contribution in [2.24, 2.45) is 0 Å². The summed E-state index contributed by atoms with van der Waals surface area (Å²) in [4.78, 5) is 12.3. The molecule has 0 aliphatic carbocycles. The molecule has 9 nitrogen and oxygen atoms in total. The molecule has 1 N–H and O–H groups in total. The SMILES string of the molecule is CCOC(Cn1cc(C(=O)Nc2ccc(OC)c(OC(F)F)c2)nn1)OCC. The van der Waals surface area contributed by atoms with Gasteiger partial charge in [0, 0.05) is 25.0 Å². The molecule has 11 heteroatoms. The maximum Gasteiger partial charge on any atom is 0.387 e. The Morgan fingerprint density at radius 3 is 2.54 bits per heavy atom. The van der Waals surface area contributed by atoms with Gasteiger partial charge in [-0.2, -0.15) is 8.78 Å². The Morgan fingerprint density at radius 1 is 1.21 bits per heavy atom.